The molecule has 0 aliphatic carbocycles. The average molecular weight is 413 g/mol. The molecule has 6 nitrogen and oxygen atoms in total. The summed E-state index contributed by atoms with van der Waals surface area (Å²) in [4.78, 5) is 2.10. The normalized spacial score (nSPS) is 13.6. The molecule has 2 aromatic carbocycles. The number of para-hydroxylation sites is 1. The van der Waals surface area contributed by atoms with E-state index in [0.717, 1.165) is 22.5 Å². The summed E-state index contributed by atoms with van der Waals surface area (Å²) in [6, 6.07) is 9.62. The number of primary sulfonamides is 1. The number of benzene rings is 2. The lowest BCUT2D eigenvalue weighted by atomic mass is 10.0. The Balaban J connectivity index is 1.89. The third kappa shape index (κ3) is 4.29. The second-order valence-corrected chi connectivity index (χ2v) is 7.87. The number of halogens is 3. The highest BCUT2D eigenvalue weighted by molar-refractivity contribution is 7.89. The molecule has 28 heavy (non-hydrogen) atoms. The van der Waals surface area contributed by atoms with Crippen LogP contribution in [0.15, 0.2) is 53.6 Å². The number of nitrogens with two attached hydrogens (primary N) is 1. The molecule has 5 N–H and O–H groups in total. The van der Waals surface area contributed by atoms with Gasteiger partial charge in [-0.2, -0.15) is 13.2 Å². The van der Waals surface area contributed by atoms with Crippen molar-refractivity contribution in [3.8, 4) is 0 Å². The number of aromatic amines is 1. The Labute approximate surface area is 159 Å². The number of anilines is 1. The fourth-order valence-corrected chi connectivity index (χ4v) is 3.79. The Hall–Kier alpha value is -2.56. The molecular formula is C18H18F3N3O3S. The molecule has 0 spiro atoms. The maximum Gasteiger partial charge on any atom is 0.417 e. The van der Waals surface area contributed by atoms with Crippen LogP contribution in [-0.2, 0) is 22.6 Å². The standard InChI is InChI=1S/C18H18F3N3O3S/c19-18(20,21)15-8-12(5-6-17(15)28(22,26)27)24-13(10-25)7-11-9-23-16-4-2-1-3-14(11)16/h1-6,8-9,13,23-25H,7,10H2,(H2,22,26,27). The van der Waals surface area contributed by atoms with Crippen LogP contribution in [0.3, 0.4) is 0 Å². The van der Waals surface area contributed by atoms with Crippen LogP contribution in [0.4, 0.5) is 18.9 Å². The van der Waals surface area contributed by atoms with Crippen LogP contribution in [0.5, 0.6) is 0 Å². The Morgan fingerprint density at radius 2 is 1.89 bits per heavy atom. The number of fused-ring (bicyclic) bond motifs is 1. The van der Waals surface area contributed by atoms with Crippen molar-refractivity contribution < 1.29 is 26.7 Å². The summed E-state index contributed by atoms with van der Waals surface area (Å²) >= 11 is 0. The van der Waals surface area contributed by atoms with Crippen molar-refractivity contribution in [1.82, 2.24) is 4.98 Å². The third-order valence-corrected chi connectivity index (χ3v) is 5.29. The summed E-state index contributed by atoms with van der Waals surface area (Å²) in [5, 5.41) is 18.3. The van der Waals surface area contributed by atoms with E-state index in [2.05, 4.69) is 10.3 Å². The van der Waals surface area contributed by atoms with Gasteiger partial charge in [0.15, 0.2) is 0 Å². The second kappa shape index (κ2) is 7.46. The predicted molar refractivity (Wildman–Crippen MR) is 99.3 cm³/mol. The molecule has 3 rings (SSSR count). The molecule has 0 aliphatic rings. The lowest BCUT2D eigenvalue weighted by Crippen LogP contribution is -2.27. The van der Waals surface area contributed by atoms with Crippen LogP contribution in [0, 0.1) is 0 Å². The smallest absolute Gasteiger partial charge is 0.394 e. The number of H-pyrrole nitrogens is 1. The monoisotopic (exact) mass is 413 g/mol. The van der Waals surface area contributed by atoms with E-state index in [4.69, 9.17) is 5.14 Å². The van der Waals surface area contributed by atoms with E-state index in [1.165, 1.54) is 6.07 Å². The Bertz CT molecular complexity index is 1090. The van der Waals surface area contributed by atoms with Crippen LogP contribution in [0.2, 0.25) is 0 Å². The van der Waals surface area contributed by atoms with E-state index < -0.39 is 32.7 Å². The molecule has 0 radical (unpaired) electrons. The van der Waals surface area contributed by atoms with Crippen LogP contribution in [-0.4, -0.2) is 31.2 Å². The summed E-state index contributed by atoms with van der Waals surface area (Å²) in [7, 11) is -4.53. The van der Waals surface area contributed by atoms with Crippen molar-refractivity contribution in [2.45, 2.75) is 23.5 Å². The van der Waals surface area contributed by atoms with Crippen molar-refractivity contribution in [2.24, 2.45) is 5.14 Å². The molecule has 0 saturated carbocycles. The molecule has 0 fully saturated rings. The first-order chi connectivity index (χ1) is 13.1. The van der Waals surface area contributed by atoms with Gasteiger partial charge in [-0.25, -0.2) is 13.6 Å². The van der Waals surface area contributed by atoms with Crippen molar-refractivity contribution in [1.29, 1.82) is 0 Å². The van der Waals surface area contributed by atoms with E-state index in [9.17, 15) is 26.7 Å². The van der Waals surface area contributed by atoms with E-state index in [1.54, 1.807) is 6.20 Å². The lowest BCUT2D eigenvalue weighted by molar-refractivity contribution is -0.139. The van der Waals surface area contributed by atoms with Gasteiger partial charge < -0.3 is 15.4 Å². The van der Waals surface area contributed by atoms with Gasteiger partial charge in [-0.3, -0.25) is 0 Å². The zero-order valence-electron chi connectivity index (χ0n) is 14.5. The number of aromatic nitrogens is 1. The van der Waals surface area contributed by atoms with Gasteiger partial charge in [0, 0.05) is 22.8 Å². The quantitative estimate of drug-likeness (QED) is 0.498. The zero-order chi connectivity index (χ0) is 20.5. The molecule has 3 aromatic rings. The summed E-state index contributed by atoms with van der Waals surface area (Å²) in [5.74, 6) is 0. The van der Waals surface area contributed by atoms with Crippen LogP contribution >= 0.6 is 0 Å². The van der Waals surface area contributed by atoms with E-state index >= 15 is 0 Å². The summed E-state index contributed by atoms with van der Waals surface area (Å²) in [6.45, 7) is -0.336. The minimum absolute atomic E-state index is 0.0265. The van der Waals surface area contributed by atoms with Gasteiger partial charge in [0.05, 0.1) is 23.1 Å². The fourth-order valence-electron chi connectivity index (χ4n) is 3.05. The maximum absolute atomic E-state index is 13.3. The molecule has 0 amide bonds. The highest BCUT2D eigenvalue weighted by Crippen LogP contribution is 2.35. The zero-order valence-corrected chi connectivity index (χ0v) is 15.3. The average Bonchev–Trinajstić information content (AvgIpc) is 3.02. The van der Waals surface area contributed by atoms with Crippen LogP contribution in [0.1, 0.15) is 11.1 Å². The number of rotatable bonds is 6. The van der Waals surface area contributed by atoms with Gasteiger partial charge in [-0.15, -0.1) is 0 Å². The predicted octanol–water partition coefficient (Wildman–Crippen LogP) is 2.85. The fraction of sp³-hybridized carbons (Fsp3) is 0.222. The van der Waals surface area contributed by atoms with Gasteiger partial charge in [0.25, 0.3) is 0 Å². The van der Waals surface area contributed by atoms with Crippen LogP contribution in [0.25, 0.3) is 10.9 Å². The van der Waals surface area contributed by atoms with Gasteiger partial charge in [0.1, 0.15) is 0 Å². The van der Waals surface area contributed by atoms with Crippen molar-refractivity contribution >= 4 is 26.6 Å². The summed E-state index contributed by atoms with van der Waals surface area (Å²) in [5.41, 5.74) is 0.466. The molecule has 1 aromatic heterocycles. The van der Waals surface area contributed by atoms with Gasteiger partial charge >= 0.3 is 6.18 Å². The number of hydrogen-bond acceptors (Lipinski definition) is 4. The number of hydrogen-bond donors (Lipinski definition) is 4. The first-order valence-corrected chi connectivity index (χ1v) is 9.80. The molecular weight excluding hydrogens is 395 g/mol. The van der Waals surface area contributed by atoms with Crippen molar-refractivity contribution in [3.63, 3.8) is 0 Å². The number of alkyl halides is 3. The van der Waals surface area contributed by atoms with E-state index in [1.807, 2.05) is 24.3 Å². The number of aliphatic hydroxyl groups excluding tert-OH is 1. The number of nitrogens with one attached hydrogen (secondary N) is 2. The first kappa shape index (κ1) is 20.2. The Morgan fingerprint density at radius 1 is 1.18 bits per heavy atom. The van der Waals surface area contributed by atoms with Crippen molar-refractivity contribution in [2.75, 3.05) is 11.9 Å². The molecule has 150 valence electrons. The van der Waals surface area contributed by atoms with Crippen molar-refractivity contribution in [3.05, 3.63) is 59.8 Å². The van der Waals surface area contributed by atoms with E-state index in [-0.39, 0.29) is 12.3 Å². The summed E-state index contributed by atoms with van der Waals surface area (Å²) in [6.07, 6.45) is -2.77. The van der Waals surface area contributed by atoms with E-state index in [0.29, 0.717) is 12.5 Å². The topological polar surface area (TPSA) is 108 Å². The minimum atomic E-state index is -4.90. The Morgan fingerprint density at radius 3 is 2.54 bits per heavy atom. The van der Waals surface area contributed by atoms with Gasteiger partial charge in [-0.05, 0) is 36.2 Å². The molecule has 0 aliphatic heterocycles. The third-order valence-electron chi connectivity index (χ3n) is 4.32. The first-order valence-electron chi connectivity index (χ1n) is 8.26. The summed E-state index contributed by atoms with van der Waals surface area (Å²) < 4.78 is 62.6. The SMILES string of the molecule is NS(=O)(=O)c1ccc(NC(CO)Cc2c[nH]c3ccccc23)cc1C(F)(F)F. The molecule has 0 saturated heterocycles. The Kier molecular flexibility index (Phi) is 5.37. The molecule has 1 heterocycles. The largest absolute Gasteiger partial charge is 0.417 e. The number of sulfonamides is 1. The second-order valence-electron chi connectivity index (χ2n) is 6.34. The van der Waals surface area contributed by atoms with Gasteiger partial charge in [-0.1, -0.05) is 18.2 Å². The molecule has 10 heteroatoms. The molecule has 1 atom stereocenters. The number of aliphatic hydroxyl groups is 1. The maximum atomic E-state index is 13.3. The molecule has 0 bridgehead atoms. The molecule has 1 unspecified atom stereocenters. The highest BCUT2D eigenvalue weighted by atomic mass is 32.2. The minimum Gasteiger partial charge on any atom is -0.394 e. The highest BCUT2D eigenvalue weighted by Gasteiger charge is 2.36. The lowest BCUT2D eigenvalue weighted by Gasteiger charge is -2.19. The van der Waals surface area contributed by atoms with Crippen LogP contribution < -0.4 is 10.5 Å². The van der Waals surface area contributed by atoms with Gasteiger partial charge in [0.2, 0.25) is 10.0 Å².